The molecule has 2 saturated heterocycles. The number of nitrogens with zero attached hydrogens (tertiary/aromatic N) is 4. The molecule has 114 valence electrons. The van der Waals surface area contributed by atoms with E-state index in [1.165, 1.54) is 5.56 Å². The Bertz CT molecular complexity index is 472. The van der Waals surface area contributed by atoms with E-state index in [2.05, 4.69) is 34.0 Å². The molecule has 0 radical (unpaired) electrons. The molecule has 3 heterocycles. The van der Waals surface area contributed by atoms with Gasteiger partial charge in [-0.3, -0.25) is 14.7 Å². The Morgan fingerprint density at radius 2 is 1.95 bits per heavy atom. The maximum absolute atomic E-state index is 12.3. The van der Waals surface area contributed by atoms with Crippen molar-refractivity contribution in [2.75, 3.05) is 52.9 Å². The van der Waals surface area contributed by atoms with Crippen molar-refractivity contribution >= 4 is 5.91 Å². The molecule has 5 nitrogen and oxygen atoms in total. The van der Waals surface area contributed by atoms with Gasteiger partial charge in [-0.2, -0.15) is 0 Å². The molecule has 3 rings (SSSR count). The summed E-state index contributed by atoms with van der Waals surface area (Å²) in [5, 5.41) is 0. The Kier molecular flexibility index (Phi) is 4.51. The monoisotopic (exact) mass is 288 g/mol. The summed E-state index contributed by atoms with van der Waals surface area (Å²) in [6, 6.07) is 4.11. The van der Waals surface area contributed by atoms with Gasteiger partial charge in [-0.1, -0.05) is 0 Å². The SMILES string of the molecule is CN1CCCN(CC(=O)N2CC(c3ccncc3)C2)CC1. The molecule has 21 heavy (non-hydrogen) atoms. The summed E-state index contributed by atoms with van der Waals surface area (Å²) >= 11 is 0. The number of pyridine rings is 1. The molecule has 0 unspecified atom stereocenters. The van der Waals surface area contributed by atoms with Gasteiger partial charge in [0.25, 0.3) is 0 Å². The maximum Gasteiger partial charge on any atom is 0.236 e. The third kappa shape index (κ3) is 3.60. The van der Waals surface area contributed by atoms with Gasteiger partial charge in [0.05, 0.1) is 6.54 Å². The van der Waals surface area contributed by atoms with Gasteiger partial charge in [0.1, 0.15) is 0 Å². The molecule has 2 fully saturated rings. The molecule has 0 N–H and O–H groups in total. The van der Waals surface area contributed by atoms with Gasteiger partial charge in [0.15, 0.2) is 0 Å². The zero-order chi connectivity index (χ0) is 14.7. The molecule has 0 saturated carbocycles. The summed E-state index contributed by atoms with van der Waals surface area (Å²) in [5.41, 5.74) is 1.30. The molecular formula is C16H24N4O. The maximum atomic E-state index is 12.3. The molecule has 0 aromatic carbocycles. The van der Waals surface area contributed by atoms with Crippen LogP contribution in [0, 0.1) is 0 Å². The minimum absolute atomic E-state index is 0.282. The summed E-state index contributed by atoms with van der Waals surface area (Å²) in [7, 11) is 2.15. The van der Waals surface area contributed by atoms with Gasteiger partial charge < -0.3 is 9.80 Å². The van der Waals surface area contributed by atoms with Gasteiger partial charge in [-0.15, -0.1) is 0 Å². The Morgan fingerprint density at radius 3 is 2.71 bits per heavy atom. The second-order valence-electron chi connectivity index (χ2n) is 6.21. The van der Waals surface area contributed by atoms with Crippen LogP contribution in [0.2, 0.25) is 0 Å². The van der Waals surface area contributed by atoms with Crippen molar-refractivity contribution in [3.63, 3.8) is 0 Å². The van der Waals surface area contributed by atoms with E-state index >= 15 is 0 Å². The average Bonchev–Trinajstić information content (AvgIpc) is 2.63. The van der Waals surface area contributed by atoms with Gasteiger partial charge >= 0.3 is 0 Å². The third-order valence-electron chi connectivity index (χ3n) is 4.58. The van der Waals surface area contributed by atoms with E-state index in [1.807, 2.05) is 17.3 Å². The number of likely N-dealkylation sites (N-methyl/N-ethyl adjacent to an activating group) is 1. The molecule has 0 atom stereocenters. The normalized spacial score (nSPS) is 21.9. The Morgan fingerprint density at radius 1 is 1.19 bits per heavy atom. The molecule has 1 aromatic rings. The molecule has 2 aliphatic heterocycles. The zero-order valence-corrected chi connectivity index (χ0v) is 12.7. The highest BCUT2D eigenvalue weighted by Crippen LogP contribution is 2.26. The molecule has 0 spiro atoms. The molecule has 5 heteroatoms. The van der Waals surface area contributed by atoms with Crippen LogP contribution in [-0.4, -0.2) is 78.5 Å². The summed E-state index contributed by atoms with van der Waals surface area (Å²) in [6.45, 7) is 6.54. The fraction of sp³-hybridized carbons (Fsp3) is 0.625. The third-order valence-corrected chi connectivity index (χ3v) is 4.58. The highest BCUT2D eigenvalue weighted by Gasteiger charge is 2.32. The Labute approximate surface area is 126 Å². The summed E-state index contributed by atoms with van der Waals surface area (Å²) < 4.78 is 0. The van der Waals surface area contributed by atoms with E-state index in [0.717, 1.165) is 45.7 Å². The molecule has 1 aromatic heterocycles. The highest BCUT2D eigenvalue weighted by atomic mass is 16.2. The van der Waals surface area contributed by atoms with Crippen molar-refractivity contribution in [1.29, 1.82) is 0 Å². The fourth-order valence-electron chi connectivity index (χ4n) is 3.08. The van der Waals surface area contributed by atoms with Crippen LogP contribution in [0.4, 0.5) is 0 Å². The second kappa shape index (κ2) is 6.54. The minimum Gasteiger partial charge on any atom is -0.340 e. The molecule has 0 aliphatic carbocycles. The first-order valence-electron chi connectivity index (χ1n) is 7.81. The van der Waals surface area contributed by atoms with Gasteiger partial charge in [0.2, 0.25) is 5.91 Å². The van der Waals surface area contributed by atoms with Crippen molar-refractivity contribution in [3.05, 3.63) is 30.1 Å². The first kappa shape index (κ1) is 14.5. The predicted octanol–water partition coefficient (Wildman–Crippen LogP) is 0.645. The number of amides is 1. The largest absolute Gasteiger partial charge is 0.340 e. The van der Waals surface area contributed by atoms with Gasteiger partial charge in [-0.05, 0) is 44.3 Å². The summed E-state index contributed by atoms with van der Waals surface area (Å²) in [5.74, 6) is 0.775. The lowest BCUT2D eigenvalue weighted by atomic mass is 9.92. The smallest absolute Gasteiger partial charge is 0.236 e. The number of aromatic nitrogens is 1. The Hall–Kier alpha value is -1.46. The van der Waals surface area contributed by atoms with E-state index in [-0.39, 0.29) is 5.91 Å². The standard InChI is InChI=1S/C16H24N4O/c1-18-7-2-8-19(10-9-18)13-16(21)20-11-15(12-20)14-3-5-17-6-4-14/h3-6,15H,2,7-13H2,1H3. The van der Waals surface area contributed by atoms with E-state index in [1.54, 1.807) is 0 Å². The number of carbonyl (C=O) groups excluding carboxylic acids is 1. The molecule has 1 amide bonds. The number of carbonyl (C=O) groups is 1. The van der Waals surface area contributed by atoms with Crippen LogP contribution in [0.15, 0.2) is 24.5 Å². The minimum atomic E-state index is 0.282. The van der Waals surface area contributed by atoms with Gasteiger partial charge in [-0.25, -0.2) is 0 Å². The van der Waals surface area contributed by atoms with Crippen molar-refractivity contribution in [2.24, 2.45) is 0 Å². The Balaban J connectivity index is 1.45. The van der Waals surface area contributed by atoms with Crippen molar-refractivity contribution in [3.8, 4) is 0 Å². The first-order valence-corrected chi connectivity index (χ1v) is 7.81. The van der Waals surface area contributed by atoms with Crippen LogP contribution in [0.1, 0.15) is 17.9 Å². The predicted molar refractivity (Wildman–Crippen MR) is 82.1 cm³/mol. The van der Waals surface area contributed by atoms with Crippen LogP contribution in [0.5, 0.6) is 0 Å². The lowest BCUT2D eigenvalue weighted by molar-refractivity contribution is -0.136. The van der Waals surface area contributed by atoms with Crippen LogP contribution < -0.4 is 0 Å². The summed E-state index contributed by atoms with van der Waals surface area (Å²) in [4.78, 5) is 23.0. The lowest BCUT2D eigenvalue weighted by Crippen LogP contribution is -2.52. The van der Waals surface area contributed by atoms with Crippen LogP contribution in [-0.2, 0) is 4.79 Å². The van der Waals surface area contributed by atoms with Crippen LogP contribution in [0.3, 0.4) is 0 Å². The molecular weight excluding hydrogens is 264 g/mol. The van der Waals surface area contributed by atoms with E-state index in [4.69, 9.17) is 0 Å². The van der Waals surface area contributed by atoms with Crippen molar-refractivity contribution in [2.45, 2.75) is 12.3 Å². The summed E-state index contributed by atoms with van der Waals surface area (Å²) in [6.07, 6.45) is 4.81. The first-order chi connectivity index (χ1) is 10.2. The average molecular weight is 288 g/mol. The van der Waals surface area contributed by atoms with E-state index < -0.39 is 0 Å². The van der Waals surface area contributed by atoms with Crippen molar-refractivity contribution in [1.82, 2.24) is 19.7 Å². The fourth-order valence-corrected chi connectivity index (χ4v) is 3.08. The van der Waals surface area contributed by atoms with Crippen LogP contribution in [0.25, 0.3) is 0 Å². The van der Waals surface area contributed by atoms with Crippen molar-refractivity contribution < 1.29 is 4.79 Å². The van der Waals surface area contributed by atoms with Crippen LogP contribution >= 0.6 is 0 Å². The second-order valence-corrected chi connectivity index (χ2v) is 6.21. The highest BCUT2D eigenvalue weighted by molar-refractivity contribution is 5.79. The van der Waals surface area contributed by atoms with Gasteiger partial charge in [0, 0.05) is 44.5 Å². The number of hydrogen-bond acceptors (Lipinski definition) is 4. The van der Waals surface area contributed by atoms with E-state index in [0.29, 0.717) is 12.5 Å². The number of likely N-dealkylation sites (tertiary alicyclic amines) is 1. The number of rotatable bonds is 3. The number of hydrogen-bond donors (Lipinski definition) is 0. The van der Waals surface area contributed by atoms with E-state index in [9.17, 15) is 4.79 Å². The molecule has 0 bridgehead atoms. The lowest BCUT2D eigenvalue weighted by Gasteiger charge is -2.40. The molecule has 2 aliphatic rings. The topological polar surface area (TPSA) is 39.7 Å². The zero-order valence-electron chi connectivity index (χ0n) is 12.7. The quantitative estimate of drug-likeness (QED) is 0.818.